The molecular weight excluding hydrogens is 326 g/mol. The van der Waals surface area contributed by atoms with E-state index in [0.29, 0.717) is 13.0 Å². The predicted octanol–water partition coefficient (Wildman–Crippen LogP) is 1.54. The average molecular weight is 356 g/mol. The zero-order valence-corrected chi connectivity index (χ0v) is 15.5. The van der Waals surface area contributed by atoms with Crippen LogP contribution in [0.2, 0.25) is 0 Å². The third-order valence-electron chi connectivity index (χ3n) is 4.24. The molecule has 1 aromatic carbocycles. The largest absolute Gasteiger partial charge is 0.495 e. The fourth-order valence-electron chi connectivity index (χ4n) is 2.97. The van der Waals surface area contributed by atoms with Gasteiger partial charge in [-0.2, -0.15) is 0 Å². The molecule has 1 saturated heterocycles. The molecule has 24 heavy (non-hydrogen) atoms. The molecule has 7 heteroatoms. The fourth-order valence-corrected chi connectivity index (χ4v) is 4.11. The number of benzene rings is 1. The lowest BCUT2D eigenvalue weighted by molar-refractivity contribution is 0.254. The monoisotopic (exact) mass is 355 g/mol. The van der Waals surface area contributed by atoms with Crippen molar-refractivity contribution in [1.29, 1.82) is 0 Å². The van der Waals surface area contributed by atoms with Crippen LogP contribution in [0.4, 0.5) is 5.69 Å². The Hall–Kier alpha value is -1.31. The number of sulfonamides is 1. The Bertz CT molecular complexity index is 599. The van der Waals surface area contributed by atoms with Crippen LogP contribution in [-0.2, 0) is 10.0 Å². The maximum atomic E-state index is 11.6. The van der Waals surface area contributed by atoms with Gasteiger partial charge in [0.2, 0.25) is 10.0 Å². The van der Waals surface area contributed by atoms with Crippen molar-refractivity contribution in [2.75, 3.05) is 57.0 Å². The molecule has 1 fully saturated rings. The maximum Gasteiger partial charge on any atom is 0.211 e. The minimum Gasteiger partial charge on any atom is -0.495 e. The Kier molecular flexibility index (Phi) is 7.33. The summed E-state index contributed by atoms with van der Waals surface area (Å²) < 4.78 is 31.3. The molecule has 1 N–H and O–H groups in total. The van der Waals surface area contributed by atoms with Crippen molar-refractivity contribution in [1.82, 2.24) is 9.62 Å². The lowest BCUT2D eigenvalue weighted by atomic mass is 10.2. The summed E-state index contributed by atoms with van der Waals surface area (Å²) in [5.41, 5.74) is 1.15. The Morgan fingerprint density at radius 2 is 1.88 bits per heavy atom. The van der Waals surface area contributed by atoms with Gasteiger partial charge in [0.05, 0.1) is 18.6 Å². The van der Waals surface area contributed by atoms with E-state index in [1.54, 1.807) is 7.11 Å². The molecule has 6 nitrogen and oxygen atoms in total. The first-order valence-corrected chi connectivity index (χ1v) is 10.3. The van der Waals surface area contributed by atoms with E-state index in [1.807, 2.05) is 25.1 Å². The fraction of sp³-hybridized carbons (Fsp3) is 0.647. The van der Waals surface area contributed by atoms with Gasteiger partial charge >= 0.3 is 0 Å². The standard InChI is InChI=1S/C17H29N3O3S/c1-3-15-24(21,22)18-9-6-10-19-11-13-20(14-12-19)16-7-4-5-8-17(16)23-2/h4-5,7-8,18H,3,6,9-15H2,1-2H3. The summed E-state index contributed by atoms with van der Waals surface area (Å²) in [5.74, 6) is 1.13. The molecule has 0 bridgehead atoms. The number of ether oxygens (including phenoxy) is 1. The average Bonchev–Trinajstić information content (AvgIpc) is 2.59. The summed E-state index contributed by atoms with van der Waals surface area (Å²) >= 11 is 0. The van der Waals surface area contributed by atoms with Crippen LogP contribution < -0.4 is 14.4 Å². The van der Waals surface area contributed by atoms with E-state index in [0.717, 1.165) is 50.6 Å². The second-order valence-corrected chi connectivity index (χ2v) is 7.99. The molecule has 0 aliphatic carbocycles. The Morgan fingerprint density at radius 1 is 1.17 bits per heavy atom. The predicted molar refractivity (Wildman–Crippen MR) is 98.3 cm³/mol. The Labute approximate surface area is 145 Å². The van der Waals surface area contributed by atoms with Gasteiger partial charge in [0.25, 0.3) is 0 Å². The van der Waals surface area contributed by atoms with E-state index < -0.39 is 10.0 Å². The van der Waals surface area contributed by atoms with Gasteiger partial charge < -0.3 is 9.64 Å². The van der Waals surface area contributed by atoms with Crippen LogP contribution in [0.3, 0.4) is 0 Å². The molecule has 0 aromatic heterocycles. The Morgan fingerprint density at radius 3 is 2.54 bits per heavy atom. The summed E-state index contributed by atoms with van der Waals surface area (Å²) in [6, 6.07) is 8.10. The number of nitrogens with one attached hydrogen (secondary N) is 1. The lowest BCUT2D eigenvalue weighted by Gasteiger charge is -2.36. The van der Waals surface area contributed by atoms with Gasteiger partial charge in [-0.15, -0.1) is 0 Å². The SMILES string of the molecule is CCCS(=O)(=O)NCCCN1CCN(c2ccccc2OC)CC1. The highest BCUT2D eigenvalue weighted by Gasteiger charge is 2.19. The Balaban J connectivity index is 1.71. The van der Waals surface area contributed by atoms with Gasteiger partial charge in [0.15, 0.2) is 0 Å². The number of hydrogen-bond donors (Lipinski definition) is 1. The normalized spacial score (nSPS) is 16.3. The number of methoxy groups -OCH3 is 1. The molecule has 1 aliphatic rings. The van der Waals surface area contributed by atoms with Crippen LogP contribution in [0.25, 0.3) is 0 Å². The van der Waals surface area contributed by atoms with Crippen molar-refractivity contribution >= 4 is 15.7 Å². The molecule has 2 rings (SSSR count). The number of piperazine rings is 1. The number of nitrogens with zero attached hydrogens (tertiary/aromatic N) is 2. The molecule has 0 spiro atoms. The number of para-hydroxylation sites is 2. The topological polar surface area (TPSA) is 61.9 Å². The summed E-state index contributed by atoms with van der Waals surface area (Å²) in [7, 11) is -1.37. The van der Waals surface area contributed by atoms with Crippen LogP contribution in [0.15, 0.2) is 24.3 Å². The summed E-state index contributed by atoms with van der Waals surface area (Å²) in [5, 5.41) is 0. The van der Waals surface area contributed by atoms with Crippen molar-refractivity contribution in [3.8, 4) is 5.75 Å². The second-order valence-electron chi connectivity index (χ2n) is 6.07. The van der Waals surface area contributed by atoms with Crippen LogP contribution in [0.1, 0.15) is 19.8 Å². The maximum absolute atomic E-state index is 11.6. The van der Waals surface area contributed by atoms with Crippen molar-refractivity contribution in [3.63, 3.8) is 0 Å². The first kappa shape index (κ1) is 19.0. The van der Waals surface area contributed by atoms with E-state index in [2.05, 4.69) is 20.6 Å². The van der Waals surface area contributed by atoms with Crippen molar-refractivity contribution in [2.45, 2.75) is 19.8 Å². The van der Waals surface area contributed by atoms with Gasteiger partial charge in [0.1, 0.15) is 5.75 Å². The molecule has 0 atom stereocenters. The number of anilines is 1. The molecule has 1 aliphatic heterocycles. The van der Waals surface area contributed by atoms with Crippen LogP contribution in [-0.4, -0.2) is 65.4 Å². The minimum absolute atomic E-state index is 0.213. The molecule has 0 amide bonds. The summed E-state index contributed by atoms with van der Waals surface area (Å²) in [4.78, 5) is 4.74. The molecule has 1 heterocycles. The minimum atomic E-state index is -3.08. The van der Waals surface area contributed by atoms with Crippen molar-refractivity contribution in [2.24, 2.45) is 0 Å². The first-order chi connectivity index (χ1) is 11.6. The number of rotatable bonds is 9. The van der Waals surface area contributed by atoms with Gasteiger partial charge in [-0.25, -0.2) is 13.1 Å². The highest BCUT2D eigenvalue weighted by Crippen LogP contribution is 2.28. The van der Waals surface area contributed by atoms with E-state index in [-0.39, 0.29) is 5.75 Å². The molecule has 0 saturated carbocycles. The zero-order valence-electron chi connectivity index (χ0n) is 14.7. The van der Waals surface area contributed by atoms with Gasteiger partial charge in [-0.05, 0) is 31.5 Å². The highest BCUT2D eigenvalue weighted by atomic mass is 32.2. The summed E-state index contributed by atoms with van der Waals surface area (Å²) in [6.45, 7) is 7.22. The van der Waals surface area contributed by atoms with Crippen LogP contribution >= 0.6 is 0 Å². The van der Waals surface area contributed by atoms with E-state index >= 15 is 0 Å². The summed E-state index contributed by atoms with van der Waals surface area (Å²) in [6.07, 6.45) is 1.50. The van der Waals surface area contributed by atoms with Gasteiger partial charge in [-0.3, -0.25) is 4.90 Å². The zero-order chi connectivity index (χ0) is 17.4. The molecule has 1 aromatic rings. The molecular formula is C17H29N3O3S. The van der Waals surface area contributed by atoms with Gasteiger partial charge in [0, 0.05) is 32.7 Å². The van der Waals surface area contributed by atoms with E-state index in [9.17, 15) is 8.42 Å². The third-order valence-corrected chi connectivity index (χ3v) is 5.83. The third kappa shape index (κ3) is 5.65. The van der Waals surface area contributed by atoms with Gasteiger partial charge in [-0.1, -0.05) is 19.1 Å². The van der Waals surface area contributed by atoms with E-state index in [4.69, 9.17) is 4.74 Å². The highest BCUT2D eigenvalue weighted by molar-refractivity contribution is 7.89. The molecule has 0 unspecified atom stereocenters. The molecule has 136 valence electrons. The molecule has 0 radical (unpaired) electrons. The quantitative estimate of drug-likeness (QED) is 0.681. The smallest absolute Gasteiger partial charge is 0.211 e. The van der Waals surface area contributed by atoms with Crippen molar-refractivity contribution < 1.29 is 13.2 Å². The van der Waals surface area contributed by atoms with Crippen molar-refractivity contribution in [3.05, 3.63) is 24.3 Å². The van der Waals surface area contributed by atoms with Crippen LogP contribution in [0.5, 0.6) is 5.75 Å². The lowest BCUT2D eigenvalue weighted by Crippen LogP contribution is -2.47. The van der Waals surface area contributed by atoms with E-state index in [1.165, 1.54) is 0 Å². The first-order valence-electron chi connectivity index (χ1n) is 8.63. The second kappa shape index (κ2) is 9.25. The van der Waals surface area contributed by atoms with Crippen LogP contribution in [0, 0.1) is 0 Å². The number of hydrogen-bond acceptors (Lipinski definition) is 5.